The van der Waals surface area contributed by atoms with Gasteiger partial charge in [-0.2, -0.15) is 0 Å². The quantitative estimate of drug-likeness (QED) is 0.194. The van der Waals surface area contributed by atoms with E-state index in [1.54, 1.807) is 36.4 Å². The van der Waals surface area contributed by atoms with Gasteiger partial charge >= 0.3 is 0 Å². The van der Waals surface area contributed by atoms with Gasteiger partial charge in [0.15, 0.2) is 5.58 Å². The molecule has 0 atom stereocenters. The molecular weight excluding hydrogens is 558 g/mol. The molecule has 0 fully saturated rings. The maximum atomic E-state index is 14.2. The van der Waals surface area contributed by atoms with Crippen LogP contribution in [0.3, 0.4) is 0 Å². The molecule has 45 heavy (non-hydrogen) atoms. The number of fused-ring (bicyclic) bond motifs is 6. The number of benzene rings is 7. The highest BCUT2D eigenvalue weighted by molar-refractivity contribution is 6.09. The number of hydrogen-bond acceptors (Lipinski definition) is 5. The van der Waals surface area contributed by atoms with E-state index in [0.717, 1.165) is 32.9 Å². The molecule has 9 aromatic rings. The molecule has 0 amide bonds. The summed E-state index contributed by atoms with van der Waals surface area (Å²) < 4.78 is 12.7. The minimum Gasteiger partial charge on any atom is -0.456 e. The molecule has 0 aliphatic rings. The van der Waals surface area contributed by atoms with E-state index in [2.05, 4.69) is 53.4 Å². The molecule has 0 saturated heterocycles. The van der Waals surface area contributed by atoms with E-state index < -0.39 is 0 Å². The smallest absolute Gasteiger partial charge is 0.200 e. The Labute approximate surface area is 255 Å². The van der Waals surface area contributed by atoms with Crippen LogP contribution in [0.2, 0.25) is 0 Å². The van der Waals surface area contributed by atoms with E-state index in [9.17, 15) is 9.59 Å². The highest BCUT2D eigenvalue weighted by Crippen LogP contribution is 2.44. The molecule has 5 nitrogen and oxygen atoms in total. The lowest BCUT2D eigenvalue weighted by Gasteiger charge is -2.28. The standard InChI is InChI=1S/C40H23NO4/c42-38-28-16-5-6-21-35(28)44-36-22-31-37(23-30(36)38)45-40-29(39(31)43)17-9-20-34(40)41(32-18-7-12-24-10-1-3-14-26(24)32)33-19-8-13-25-11-2-4-15-27(25)33/h1-23H. The fraction of sp³-hybridized carbons (Fsp3) is 0. The summed E-state index contributed by atoms with van der Waals surface area (Å²) in [4.78, 5) is 29.8. The summed E-state index contributed by atoms with van der Waals surface area (Å²) in [7, 11) is 0. The van der Waals surface area contributed by atoms with Crippen molar-refractivity contribution >= 4 is 82.5 Å². The second kappa shape index (κ2) is 9.66. The Balaban J connectivity index is 1.40. The molecule has 2 aromatic heterocycles. The predicted molar refractivity (Wildman–Crippen MR) is 183 cm³/mol. The zero-order chi connectivity index (χ0) is 30.1. The fourth-order valence-electron chi connectivity index (χ4n) is 6.53. The van der Waals surface area contributed by atoms with Crippen molar-refractivity contribution in [1.29, 1.82) is 0 Å². The van der Waals surface area contributed by atoms with Gasteiger partial charge in [0.25, 0.3) is 0 Å². The minimum absolute atomic E-state index is 0.169. The van der Waals surface area contributed by atoms with Crippen molar-refractivity contribution in [2.75, 3.05) is 4.90 Å². The van der Waals surface area contributed by atoms with Crippen LogP contribution in [0.15, 0.2) is 158 Å². The number of anilines is 3. The van der Waals surface area contributed by atoms with Gasteiger partial charge in [0.2, 0.25) is 10.9 Å². The maximum Gasteiger partial charge on any atom is 0.200 e. The third kappa shape index (κ3) is 3.81. The molecule has 0 N–H and O–H groups in total. The summed E-state index contributed by atoms with van der Waals surface area (Å²) >= 11 is 0. The van der Waals surface area contributed by atoms with Crippen LogP contribution in [-0.2, 0) is 0 Å². The summed E-state index contributed by atoms with van der Waals surface area (Å²) in [5, 5.41) is 5.94. The Morgan fingerprint density at radius 1 is 0.378 bits per heavy atom. The molecule has 5 heteroatoms. The lowest BCUT2D eigenvalue weighted by atomic mass is 10.0. The molecule has 0 aliphatic heterocycles. The zero-order valence-corrected chi connectivity index (χ0v) is 23.9. The maximum absolute atomic E-state index is 14.2. The molecule has 0 spiro atoms. The number of hydrogen-bond donors (Lipinski definition) is 0. The Bertz CT molecular complexity index is 2690. The average molecular weight is 582 g/mol. The Hall–Kier alpha value is -6.20. The molecule has 212 valence electrons. The van der Waals surface area contributed by atoms with Crippen LogP contribution in [0.5, 0.6) is 0 Å². The first kappa shape index (κ1) is 25.3. The van der Waals surface area contributed by atoms with E-state index in [1.165, 1.54) is 0 Å². The van der Waals surface area contributed by atoms with Crippen LogP contribution in [0.25, 0.3) is 65.4 Å². The molecular formula is C40H23NO4. The molecule has 0 saturated carbocycles. The van der Waals surface area contributed by atoms with Gasteiger partial charge in [0.05, 0.1) is 38.6 Å². The largest absolute Gasteiger partial charge is 0.456 e. The second-order valence-corrected chi connectivity index (χ2v) is 11.2. The number of nitrogens with zero attached hydrogens (tertiary/aromatic N) is 1. The van der Waals surface area contributed by atoms with Crippen molar-refractivity contribution in [2.45, 2.75) is 0 Å². The van der Waals surface area contributed by atoms with Crippen LogP contribution < -0.4 is 15.8 Å². The third-order valence-corrected chi connectivity index (χ3v) is 8.63. The first-order valence-electron chi connectivity index (χ1n) is 14.8. The van der Waals surface area contributed by atoms with Crippen molar-refractivity contribution in [3.05, 3.63) is 160 Å². The first-order valence-corrected chi connectivity index (χ1v) is 14.8. The van der Waals surface area contributed by atoms with Gasteiger partial charge in [0.1, 0.15) is 16.7 Å². The number of rotatable bonds is 3. The van der Waals surface area contributed by atoms with Crippen LogP contribution in [-0.4, -0.2) is 0 Å². The topological polar surface area (TPSA) is 63.7 Å². The molecule has 7 aromatic carbocycles. The van der Waals surface area contributed by atoms with Gasteiger partial charge in [-0.15, -0.1) is 0 Å². The number of para-hydroxylation sites is 2. The summed E-state index contributed by atoms with van der Waals surface area (Å²) in [5.41, 5.74) is 3.83. The Morgan fingerprint density at radius 3 is 1.51 bits per heavy atom. The highest BCUT2D eigenvalue weighted by Gasteiger charge is 2.23. The van der Waals surface area contributed by atoms with Gasteiger partial charge in [0, 0.05) is 10.8 Å². The van der Waals surface area contributed by atoms with Crippen LogP contribution in [0.1, 0.15) is 0 Å². The fourth-order valence-corrected chi connectivity index (χ4v) is 6.53. The lowest BCUT2D eigenvalue weighted by molar-refractivity contribution is 0.652. The predicted octanol–water partition coefficient (Wildman–Crippen LogP) is 9.98. The Morgan fingerprint density at radius 2 is 0.844 bits per heavy atom. The van der Waals surface area contributed by atoms with Crippen LogP contribution in [0.4, 0.5) is 17.1 Å². The van der Waals surface area contributed by atoms with E-state index in [1.807, 2.05) is 54.6 Å². The summed E-state index contributed by atoms with van der Waals surface area (Å²) in [6.45, 7) is 0. The monoisotopic (exact) mass is 581 g/mol. The molecule has 0 aliphatic carbocycles. The third-order valence-electron chi connectivity index (χ3n) is 8.63. The van der Waals surface area contributed by atoms with Gasteiger partial charge in [-0.25, -0.2) is 0 Å². The SMILES string of the molecule is O=c1c2ccccc2oc2cc3c(=O)c4cccc(N(c5cccc6ccccc56)c5cccc6ccccc56)c4oc3cc12. The molecule has 0 unspecified atom stereocenters. The summed E-state index contributed by atoms with van der Waals surface area (Å²) in [6.07, 6.45) is 0. The molecule has 2 heterocycles. The van der Waals surface area contributed by atoms with Crippen molar-refractivity contribution in [1.82, 2.24) is 0 Å². The van der Waals surface area contributed by atoms with E-state index in [4.69, 9.17) is 8.83 Å². The van der Waals surface area contributed by atoms with E-state index in [-0.39, 0.29) is 10.9 Å². The van der Waals surface area contributed by atoms with E-state index in [0.29, 0.717) is 49.6 Å². The van der Waals surface area contributed by atoms with Gasteiger partial charge in [-0.3, -0.25) is 9.59 Å². The summed E-state index contributed by atoms with van der Waals surface area (Å²) in [6, 6.07) is 45.0. The highest BCUT2D eigenvalue weighted by atomic mass is 16.3. The molecule has 0 bridgehead atoms. The van der Waals surface area contributed by atoms with Crippen molar-refractivity contribution in [3.8, 4) is 0 Å². The molecule has 9 rings (SSSR count). The van der Waals surface area contributed by atoms with Crippen LogP contribution in [0, 0.1) is 0 Å². The van der Waals surface area contributed by atoms with Crippen molar-refractivity contribution < 1.29 is 8.83 Å². The van der Waals surface area contributed by atoms with Gasteiger partial charge in [-0.05, 0) is 59.3 Å². The van der Waals surface area contributed by atoms with Crippen LogP contribution >= 0.6 is 0 Å². The average Bonchev–Trinajstić information content (AvgIpc) is 3.09. The van der Waals surface area contributed by atoms with Crippen molar-refractivity contribution in [3.63, 3.8) is 0 Å². The first-order chi connectivity index (χ1) is 22.2. The zero-order valence-electron chi connectivity index (χ0n) is 23.9. The lowest BCUT2D eigenvalue weighted by Crippen LogP contribution is -2.13. The van der Waals surface area contributed by atoms with Crippen molar-refractivity contribution in [2.24, 2.45) is 0 Å². The normalized spacial score (nSPS) is 11.7. The molecule has 0 radical (unpaired) electrons. The second-order valence-electron chi connectivity index (χ2n) is 11.2. The van der Waals surface area contributed by atoms with Gasteiger partial charge < -0.3 is 13.7 Å². The summed E-state index contributed by atoms with van der Waals surface area (Å²) in [5.74, 6) is 0. The Kier molecular flexibility index (Phi) is 5.43. The van der Waals surface area contributed by atoms with Gasteiger partial charge in [-0.1, -0.05) is 91.0 Å². The van der Waals surface area contributed by atoms with E-state index >= 15 is 0 Å². The minimum atomic E-state index is -0.193.